The van der Waals surface area contributed by atoms with Crippen LogP contribution in [0.5, 0.6) is 0 Å². The lowest BCUT2D eigenvalue weighted by Gasteiger charge is -2.22. The molecule has 0 radical (unpaired) electrons. The second kappa shape index (κ2) is 44.3. The minimum absolute atomic E-state index is 0.000343. The van der Waals surface area contributed by atoms with Crippen molar-refractivity contribution in [3.05, 3.63) is 270 Å². The molecule has 0 heterocycles. The third-order valence-corrected chi connectivity index (χ3v) is 27.4. The molecule has 12 nitrogen and oxygen atoms in total. The molecule has 0 N–H and O–H groups in total. The van der Waals surface area contributed by atoms with E-state index < -0.39 is 28.8 Å². The van der Waals surface area contributed by atoms with E-state index in [1.165, 1.54) is 150 Å². The van der Waals surface area contributed by atoms with Crippen LogP contribution < -0.4 is 0 Å². The van der Waals surface area contributed by atoms with Crippen molar-refractivity contribution in [1.82, 2.24) is 0 Å². The summed E-state index contributed by atoms with van der Waals surface area (Å²) < 4.78 is 43.7. The van der Waals surface area contributed by atoms with E-state index in [-0.39, 0.29) is 96.9 Å². The molecule has 0 amide bonds. The van der Waals surface area contributed by atoms with Gasteiger partial charge in [0, 0.05) is 0 Å². The molecule has 12 rings (SSSR count). The van der Waals surface area contributed by atoms with Crippen LogP contribution in [0.4, 0.5) is 4.39 Å². The summed E-state index contributed by atoms with van der Waals surface area (Å²) in [6.45, 7) is 5.48. The summed E-state index contributed by atoms with van der Waals surface area (Å²) in [6.07, 6.45) is 19.9. The Morgan fingerprint density at radius 1 is 0.294 bits per heavy atom. The number of esters is 6. The van der Waals surface area contributed by atoms with E-state index in [1.54, 1.807) is 45.0 Å². The Labute approximate surface area is 691 Å². The molecule has 5 atom stereocenters. The third-order valence-electron chi connectivity index (χ3n) is 19.2. The molecule has 19 heteroatoms. The highest BCUT2D eigenvalue weighted by atomic mass is 127. The van der Waals surface area contributed by atoms with Crippen molar-refractivity contribution in [3.8, 4) is 0 Å². The van der Waals surface area contributed by atoms with Crippen LogP contribution in [0.25, 0.3) is 0 Å². The number of benzene rings is 9. The van der Waals surface area contributed by atoms with Crippen LogP contribution in [-0.2, 0) is 75.5 Å². The Morgan fingerprint density at radius 2 is 0.495 bits per heavy atom. The molecule has 9 aromatic rings. The SMILES string of the molecule is CC(I)C(=O)OCCOC(=O)c1ccc([S+](c2ccc(C3CCCCC3)cc2)c2ccc(C3CCCCC3)cc2)cc1.CC(I)C(=O)OCCOC(=O)c1ccc([S+](c2ccccc2)c2ccc(C3CCCCC3)cc2)cc1.CC(I)C(=O)OCCOC(=O)c1ccc([S+](c2ccccc2)c2ccc(F)cc2)cc1. The van der Waals surface area contributed by atoms with Crippen molar-refractivity contribution in [2.24, 2.45) is 0 Å². The Balaban J connectivity index is 0.000000176. The van der Waals surface area contributed by atoms with Gasteiger partial charge >= 0.3 is 35.8 Å². The summed E-state index contributed by atoms with van der Waals surface area (Å²) in [5, 5.41) is 0. The Hall–Kier alpha value is -7.03. The predicted molar refractivity (Wildman–Crippen MR) is 456 cm³/mol. The van der Waals surface area contributed by atoms with E-state index in [2.05, 4.69) is 109 Å². The van der Waals surface area contributed by atoms with E-state index in [9.17, 15) is 33.2 Å². The van der Waals surface area contributed by atoms with E-state index in [1.807, 2.05) is 153 Å². The van der Waals surface area contributed by atoms with E-state index >= 15 is 0 Å². The average molecular weight is 1860 g/mol. The van der Waals surface area contributed by atoms with E-state index in [0.717, 1.165) is 19.6 Å². The monoisotopic (exact) mass is 1860 g/mol. The smallest absolute Gasteiger partial charge is 0.338 e. The number of ether oxygens (including phenoxy) is 6. The lowest BCUT2D eigenvalue weighted by Crippen LogP contribution is -2.18. The van der Waals surface area contributed by atoms with Gasteiger partial charge in [-0.05, 0) is 251 Å². The topological polar surface area (TPSA) is 158 Å². The Morgan fingerprint density at radius 3 is 0.725 bits per heavy atom. The summed E-state index contributed by atoms with van der Waals surface area (Å²) in [7, 11) is -1.00. The fourth-order valence-corrected chi connectivity index (χ4v) is 20.2. The van der Waals surface area contributed by atoms with Crippen molar-refractivity contribution in [1.29, 1.82) is 0 Å². The van der Waals surface area contributed by atoms with Gasteiger partial charge in [0.25, 0.3) is 0 Å². The molecule has 0 bridgehead atoms. The number of carbonyl (C=O) groups is 6. The summed E-state index contributed by atoms with van der Waals surface area (Å²) in [6, 6.07) is 77.5. The number of halogens is 4. The molecule has 0 saturated heterocycles. The lowest BCUT2D eigenvalue weighted by molar-refractivity contribution is -0.144. The summed E-state index contributed by atoms with van der Waals surface area (Å²) in [5.41, 5.74) is 5.77. The fourth-order valence-electron chi connectivity index (χ4n) is 13.5. The molecule has 0 aromatic heterocycles. The van der Waals surface area contributed by atoms with Crippen LogP contribution in [0.1, 0.15) is 183 Å². The van der Waals surface area contributed by atoms with Gasteiger partial charge < -0.3 is 28.4 Å². The largest absolute Gasteiger partial charge is 0.461 e. The maximum atomic E-state index is 13.4. The first-order valence-electron chi connectivity index (χ1n) is 37.6. The molecule has 109 heavy (non-hydrogen) atoms. The maximum Gasteiger partial charge on any atom is 0.338 e. The standard InChI is InChI=1S/C36H42IO4S.C30H32IO4S.C24H21FIO4S/c1-26(37)35(38)40-24-25-41-36(39)31-16-22-34(23-17-31)42(32-18-12-29(13-19-32)27-8-4-2-5-9-27)33-20-14-30(15-21-33)28-10-6-3-7-11-28;1-22(31)29(32)34-20-21-35-30(33)25-14-18-28(19-15-25)36(26-10-6-3-7-11-26)27-16-12-24(13-17-27)23-8-4-2-5-9-23;1-17(26)23(27)29-15-16-30-24(28)18-7-11-21(12-8-18)31(20-5-3-2-4-6-20)22-13-9-19(25)10-14-22/h12-23,26-28H,2-11,24-25H2,1H3;3,6-7,10-19,22-23H,2,4-5,8-9,20-21H2,1H3;2-14,17H,15-16H2,1H3/q3*+1. The minimum Gasteiger partial charge on any atom is -0.461 e. The van der Waals surface area contributed by atoms with Crippen molar-refractivity contribution in [2.45, 2.75) is 191 Å². The summed E-state index contributed by atoms with van der Waals surface area (Å²) in [5.74, 6) is -0.489. The van der Waals surface area contributed by atoms with Gasteiger partial charge in [0.15, 0.2) is 44.1 Å². The van der Waals surface area contributed by atoms with Gasteiger partial charge in [-0.15, -0.1) is 0 Å². The number of carbonyl (C=O) groups excluding carboxylic acids is 6. The highest BCUT2D eigenvalue weighted by Gasteiger charge is 2.34. The van der Waals surface area contributed by atoms with Crippen molar-refractivity contribution in [2.75, 3.05) is 39.6 Å². The van der Waals surface area contributed by atoms with Crippen LogP contribution in [0, 0.1) is 5.82 Å². The molecular formula is C90H95FI3O12S3+3. The lowest BCUT2D eigenvalue weighted by atomic mass is 9.84. The second-order valence-corrected chi connectivity index (χ2v) is 38.7. The zero-order valence-corrected chi connectivity index (χ0v) is 70.8. The van der Waals surface area contributed by atoms with Crippen LogP contribution >= 0.6 is 67.8 Å². The van der Waals surface area contributed by atoms with Gasteiger partial charge in [0.1, 0.15) is 57.2 Å². The van der Waals surface area contributed by atoms with Crippen LogP contribution in [0.15, 0.2) is 275 Å². The maximum absolute atomic E-state index is 13.4. The first kappa shape index (κ1) is 84.4. The van der Waals surface area contributed by atoms with Gasteiger partial charge in [-0.2, -0.15) is 0 Å². The quantitative estimate of drug-likeness (QED) is 0.0120. The first-order valence-corrected chi connectivity index (χ1v) is 45.0. The Bertz CT molecular complexity index is 4250. The summed E-state index contributed by atoms with van der Waals surface area (Å²) in [4.78, 5) is 82.5. The molecular weight excluding hydrogens is 1770 g/mol. The number of rotatable bonds is 27. The second-order valence-electron chi connectivity index (χ2n) is 27.0. The molecule has 3 aliphatic carbocycles. The van der Waals surface area contributed by atoms with Crippen molar-refractivity contribution in [3.63, 3.8) is 0 Å². The van der Waals surface area contributed by atoms with E-state index in [4.69, 9.17) is 28.4 Å². The highest BCUT2D eigenvalue weighted by molar-refractivity contribution is 14.1. The number of alkyl halides is 3. The summed E-state index contributed by atoms with van der Waals surface area (Å²) >= 11 is 5.95. The zero-order chi connectivity index (χ0) is 76.9. The number of hydrogen-bond acceptors (Lipinski definition) is 12. The minimum atomic E-state index is -0.480. The zero-order valence-electron chi connectivity index (χ0n) is 61.9. The third kappa shape index (κ3) is 25.8. The van der Waals surface area contributed by atoms with E-state index in [0.29, 0.717) is 34.4 Å². The van der Waals surface area contributed by atoms with Crippen LogP contribution in [0.3, 0.4) is 0 Å². The molecule has 5 unspecified atom stereocenters. The van der Waals surface area contributed by atoms with Crippen molar-refractivity contribution >= 4 is 136 Å². The number of hydrogen-bond donors (Lipinski definition) is 0. The first-order chi connectivity index (χ1) is 53.0. The molecule has 9 aromatic carbocycles. The molecule has 570 valence electrons. The highest BCUT2D eigenvalue weighted by Crippen LogP contribution is 2.40. The van der Waals surface area contributed by atoms with Gasteiger partial charge in [-0.1, -0.05) is 198 Å². The molecule has 3 fully saturated rings. The van der Waals surface area contributed by atoms with Crippen molar-refractivity contribution < 1.29 is 61.6 Å². The average Bonchev–Trinajstić information content (AvgIpc) is 0.694. The van der Waals surface area contributed by atoms with Gasteiger partial charge in [-0.3, -0.25) is 14.4 Å². The van der Waals surface area contributed by atoms with Crippen LogP contribution in [0.2, 0.25) is 0 Å². The molecule has 3 aliphatic rings. The van der Waals surface area contributed by atoms with Crippen LogP contribution in [-0.4, -0.2) is 87.2 Å². The molecule has 3 saturated carbocycles. The normalized spacial score (nSPS) is 15.3. The van der Waals surface area contributed by atoms with Gasteiger partial charge in [0.2, 0.25) is 0 Å². The molecule has 0 aliphatic heterocycles. The Kier molecular flexibility index (Phi) is 34.3. The van der Waals surface area contributed by atoms with Gasteiger partial charge in [0.05, 0.1) is 49.4 Å². The predicted octanol–water partition coefficient (Wildman–Crippen LogP) is 22.2. The van der Waals surface area contributed by atoms with Gasteiger partial charge in [-0.25, -0.2) is 18.8 Å². The molecule has 0 spiro atoms. The fraction of sp³-hybridized carbons (Fsp3) is 0.333.